The van der Waals surface area contributed by atoms with Crippen molar-refractivity contribution >= 4 is 32.8 Å². The molecule has 6 heteroatoms. The van der Waals surface area contributed by atoms with Crippen LogP contribution in [0.2, 0.25) is 0 Å². The summed E-state index contributed by atoms with van der Waals surface area (Å²) in [6, 6.07) is 10.6. The molecule has 0 atom stereocenters. The maximum atomic E-state index is 14.4. The summed E-state index contributed by atoms with van der Waals surface area (Å²) in [7, 11) is 0. The average molecular weight is 392 g/mol. The van der Waals surface area contributed by atoms with E-state index >= 15 is 0 Å². The number of carboxylic acids is 1. The summed E-state index contributed by atoms with van der Waals surface area (Å²) in [5.74, 6) is -2.29. The fourth-order valence-corrected chi connectivity index (χ4v) is 3.20. The van der Waals surface area contributed by atoms with E-state index in [2.05, 4.69) is 15.9 Å². The lowest BCUT2D eigenvalue weighted by molar-refractivity contribution is -0.136. The molecule has 0 bridgehead atoms. The molecule has 0 aliphatic heterocycles. The number of phenolic OH excluding ortho intramolecular Hbond substituents is 1. The number of halogens is 2. The number of aromatic nitrogens is 1. The van der Waals surface area contributed by atoms with Gasteiger partial charge in [-0.05, 0) is 42.3 Å². The Labute approximate surface area is 146 Å². The predicted octanol–water partition coefficient (Wildman–Crippen LogP) is 4.23. The molecule has 0 aliphatic rings. The van der Waals surface area contributed by atoms with Gasteiger partial charge < -0.3 is 14.8 Å². The Morgan fingerprint density at radius 3 is 2.50 bits per heavy atom. The molecule has 3 aromatic rings. The van der Waals surface area contributed by atoms with Crippen LogP contribution in [0.5, 0.6) is 5.75 Å². The highest BCUT2D eigenvalue weighted by molar-refractivity contribution is 9.10. The van der Waals surface area contributed by atoms with Crippen molar-refractivity contribution in [3.63, 3.8) is 0 Å². The van der Waals surface area contributed by atoms with Gasteiger partial charge in [0.1, 0.15) is 0 Å². The molecule has 0 amide bonds. The lowest BCUT2D eigenvalue weighted by atomic mass is 10.1. The summed E-state index contributed by atoms with van der Waals surface area (Å²) in [5.41, 5.74) is 2.65. The highest BCUT2D eigenvalue weighted by Crippen LogP contribution is 2.33. The molecule has 0 unspecified atom stereocenters. The van der Waals surface area contributed by atoms with E-state index in [0.29, 0.717) is 23.3 Å². The number of aromatic hydroxyl groups is 1. The number of carbonyl (C=O) groups is 1. The molecule has 0 fully saturated rings. The van der Waals surface area contributed by atoms with Crippen LogP contribution in [0.15, 0.2) is 40.9 Å². The number of fused-ring (bicyclic) bond motifs is 1. The minimum Gasteiger partial charge on any atom is -0.505 e. The molecule has 4 nitrogen and oxygen atoms in total. The van der Waals surface area contributed by atoms with Gasteiger partial charge in [-0.3, -0.25) is 4.79 Å². The second-order valence-corrected chi connectivity index (χ2v) is 6.56. The van der Waals surface area contributed by atoms with Gasteiger partial charge in [-0.15, -0.1) is 0 Å². The largest absolute Gasteiger partial charge is 0.505 e. The van der Waals surface area contributed by atoms with E-state index in [-0.39, 0.29) is 11.8 Å². The molecule has 2 aromatic carbocycles. The fraction of sp³-hybridized carbons (Fsp3) is 0.167. The van der Waals surface area contributed by atoms with Crippen molar-refractivity contribution in [1.82, 2.24) is 4.57 Å². The Morgan fingerprint density at radius 2 is 1.88 bits per heavy atom. The molecule has 124 valence electrons. The maximum absolute atomic E-state index is 14.4. The van der Waals surface area contributed by atoms with Crippen molar-refractivity contribution in [2.24, 2.45) is 0 Å². The number of hydrogen-bond acceptors (Lipinski definition) is 2. The van der Waals surface area contributed by atoms with Gasteiger partial charge in [-0.2, -0.15) is 0 Å². The molecule has 1 heterocycles. The van der Waals surface area contributed by atoms with Crippen LogP contribution >= 0.6 is 15.9 Å². The second-order valence-electron chi connectivity index (χ2n) is 5.64. The highest BCUT2D eigenvalue weighted by atomic mass is 79.9. The molecule has 3 rings (SSSR count). The van der Waals surface area contributed by atoms with Crippen molar-refractivity contribution in [1.29, 1.82) is 0 Å². The quantitative estimate of drug-likeness (QED) is 0.699. The van der Waals surface area contributed by atoms with Crippen molar-refractivity contribution in [2.45, 2.75) is 19.9 Å². The Kier molecular flexibility index (Phi) is 4.32. The molecular formula is C18H15BrFNO3. The van der Waals surface area contributed by atoms with Crippen LogP contribution in [-0.2, 0) is 17.8 Å². The van der Waals surface area contributed by atoms with E-state index in [1.807, 2.05) is 28.8 Å². The van der Waals surface area contributed by atoms with Gasteiger partial charge in [0, 0.05) is 22.1 Å². The Balaban J connectivity index is 2.20. The molecule has 0 saturated carbocycles. The molecule has 0 aliphatic carbocycles. The number of aliphatic carboxylic acids is 1. The minimum atomic E-state index is -1.04. The van der Waals surface area contributed by atoms with E-state index < -0.39 is 17.5 Å². The molecule has 0 radical (unpaired) electrons. The number of phenols is 1. The zero-order valence-corrected chi connectivity index (χ0v) is 14.5. The minimum absolute atomic E-state index is 0.173. The van der Waals surface area contributed by atoms with E-state index in [0.717, 1.165) is 10.0 Å². The molecule has 2 N–H and O–H groups in total. The fourth-order valence-electron chi connectivity index (χ4n) is 2.94. The first-order valence-electron chi connectivity index (χ1n) is 7.34. The van der Waals surface area contributed by atoms with Crippen LogP contribution in [0.4, 0.5) is 4.39 Å². The van der Waals surface area contributed by atoms with Crippen LogP contribution in [-0.4, -0.2) is 20.7 Å². The van der Waals surface area contributed by atoms with Crippen LogP contribution in [0.3, 0.4) is 0 Å². The Morgan fingerprint density at radius 1 is 1.21 bits per heavy atom. The predicted molar refractivity (Wildman–Crippen MR) is 92.9 cm³/mol. The topological polar surface area (TPSA) is 62.5 Å². The van der Waals surface area contributed by atoms with Crippen molar-refractivity contribution in [2.75, 3.05) is 0 Å². The molecule has 0 saturated heterocycles. The van der Waals surface area contributed by atoms with E-state index in [1.54, 1.807) is 13.0 Å². The number of rotatable bonds is 4. The van der Waals surface area contributed by atoms with Gasteiger partial charge in [0.25, 0.3) is 0 Å². The monoisotopic (exact) mass is 391 g/mol. The van der Waals surface area contributed by atoms with Crippen molar-refractivity contribution in [3.05, 3.63) is 63.5 Å². The first-order chi connectivity index (χ1) is 11.4. The van der Waals surface area contributed by atoms with Gasteiger partial charge in [0.15, 0.2) is 11.6 Å². The highest BCUT2D eigenvalue weighted by Gasteiger charge is 2.21. The van der Waals surface area contributed by atoms with Gasteiger partial charge in [-0.1, -0.05) is 28.1 Å². The van der Waals surface area contributed by atoms with E-state index in [1.165, 1.54) is 6.07 Å². The number of hydrogen-bond donors (Lipinski definition) is 2. The van der Waals surface area contributed by atoms with E-state index in [4.69, 9.17) is 5.11 Å². The zero-order chi connectivity index (χ0) is 17.4. The first kappa shape index (κ1) is 16.5. The summed E-state index contributed by atoms with van der Waals surface area (Å²) in [4.78, 5) is 11.2. The zero-order valence-electron chi connectivity index (χ0n) is 12.9. The van der Waals surface area contributed by atoms with Crippen LogP contribution in [0.1, 0.15) is 16.8 Å². The number of benzene rings is 2. The van der Waals surface area contributed by atoms with Crippen molar-refractivity contribution in [3.8, 4) is 5.75 Å². The molecule has 1 aromatic heterocycles. The molecular weight excluding hydrogens is 377 g/mol. The van der Waals surface area contributed by atoms with Gasteiger partial charge in [-0.25, -0.2) is 4.39 Å². The Bertz CT molecular complexity index is 932. The van der Waals surface area contributed by atoms with Gasteiger partial charge in [0.05, 0.1) is 11.9 Å². The standard InChI is InChI=1S/C18H15BrFNO3/c1-10-13(8-16(23)24)17-14(6-7-15(22)18(17)20)21(10)9-11-2-4-12(19)5-3-11/h2-7,22H,8-9H2,1H3,(H,23,24). The van der Waals surface area contributed by atoms with Crippen LogP contribution in [0, 0.1) is 12.7 Å². The smallest absolute Gasteiger partial charge is 0.307 e. The normalized spacial score (nSPS) is 11.1. The third-order valence-corrected chi connectivity index (χ3v) is 4.64. The van der Waals surface area contributed by atoms with E-state index in [9.17, 15) is 14.3 Å². The SMILES string of the molecule is Cc1c(CC(=O)O)c2c(F)c(O)ccc2n1Cc1ccc(Br)cc1. The average Bonchev–Trinajstić information content (AvgIpc) is 2.78. The van der Waals surface area contributed by atoms with Gasteiger partial charge >= 0.3 is 5.97 Å². The summed E-state index contributed by atoms with van der Waals surface area (Å²) < 4.78 is 17.3. The van der Waals surface area contributed by atoms with Gasteiger partial charge in [0.2, 0.25) is 0 Å². The third-order valence-electron chi connectivity index (χ3n) is 4.12. The van der Waals surface area contributed by atoms with Crippen LogP contribution in [0.25, 0.3) is 10.9 Å². The number of nitrogens with zero attached hydrogens (tertiary/aromatic N) is 1. The molecule has 24 heavy (non-hydrogen) atoms. The molecule has 0 spiro atoms. The maximum Gasteiger partial charge on any atom is 0.307 e. The lowest BCUT2D eigenvalue weighted by Gasteiger charge is -2.09. The summed E-state index contributed by atoms with van der Waals surface area (Å²) in [6.45, 7) is 2.26. The number of carboxylic acid groups (broad SMARTS) is 1. The van der Waals surface area contributed by atoms with Crippen molar-refractivity contribution < 1.29 is 19.4 Å². The summed E-state index contributed by atoms with van der Waals surface area (Å²) in [5, 5.41) is 19.0. The summed E-state index contributed by atoms with van der Waals surface area (Å²) in [6.07, 6.45) is -0.296. The lowest BCUT2D eigenvalue weighted by Crippen LogP contribution is -2.05. The summed E-state index contributed by atoms with van der Waals surface area (Å²) >= 11 is 3.38. The Hall–Kier alpha value is -2.34. The van der Waals surface area contributed by atoms with Crippen LogP contribution < -0.4 is 0 Å². The third kappa shape index (κ3) is 2.89. The first-order valence-corrected chi connectivity index (χ1v) is 8.13. The second kappa shape index (κ2) is 6.28.